The zero-order valence-corrected chi connectivity index (χ0v) is 25.3. The smallest absolute Gasteiger partial charge is 0.264 e. The third-order valence-electron chi connectivity index (χ3n) is 6.13. The second-order valence-electron chi connectivity index (χ2n) is 9.28. The number of carbonyl (C=O) groups is 1. The Bertz CT molecular complexity index is 1620. The van der Waals surface area contributed by atoms with Gasteiger partial charge in [0.05, 0.1) is 28.4 Å². The van der Waals surface area contributed by atoms with Gasteiger partial charge in [-0.05, 0) is 95.5 Å². The standard InChI is InChI=1S/C31H30BrN3O5S/c1-22-4-8-25(9-5-22)21-40-27-14-10-24(11-15-27)19-33-34-31(36)20-35(26-12-6-23(2)7-13-26)41(37,38)28-16-17-30(39-3)29(32)18-28/h4-19H,20-21H2,1-3H3,(H,34,36)/b33-19-. The van der Waals surface area contributed by atoms with E-state index in [1.807, 2.05) is 62.4 Å². The number of aryl methyl sites for hydroxylation is 2. The van der Waals surface area contributed by atoms with Crippen molar-refractivity contribution in [2.45, 2.75) is 25.3 Å². The topological polar surface area (TPSA) is 97.3 Å². The van der Waals surface area contributed by atoms with Crippen molar-refractivity contribution in [1.82, 2.24) is 5.43 Å². The summed E-state index contributed by atoms with van der Waals surface area (Å²) >= 11 is 3.33. The highest BCUT2D eigenvalue weighted by atomic mass is 79.9. The van der Waals surface area contributed by atoms with Gasteiger partial charge in [0, 0.05) is 0 Å². The molecule has 0 bridgehead atoms. The van der Waals surface area contributed by atoms with Gasteiger partial charge in [0.1, 0.15) is 24.7 Å². The lowest BCUT2D eigenvalue weighted by Crippen LogP contribution is -2.39. The van der Waals surface area contributed by atoms with Gasteiger partial charge in [-0.2, -0.15) is 5.10 Å². The fourth-order valence-electron chi connectivity index (χ4n) is 3.81. The van der Waals surface area contributed by atoms with E-state index >= 15 is 0 Å². The van der Waals surface area contributed by atoms with Crippen molar-refractivity contribution in [3.63, 3.8) is 0 Å². The number of rotatable bonds is 11. The number of halogens is 1. The molecule has 0 unspecified atom stereocenters. The maximum atomic E-state index is 13.6. The fourth-order valence-corrected chi connectivity index (χ4v) is 5.95. The second-order valence-corrected chi connectivity index (χ2v) is 12.0. The molecule has 0 aliphatic carbocycles. The Morgan fingerprint density at radius 1 is 0.927 bits per heavy atom. The molecule has 1 N–H and O–H groups in total. The molecule has 4 rings (SSSR count). The molecular formula is C31H30BrN3O5S. The summed E-state index contributed by atoms with van der Waals surface area (Å²) in [6, 6.07) is 26.7. The highest BCUT2D eigenvalue weighted by Crippen LogP contribution is 2.30. The molecule has 0 aliphatic rings. The van der Waals surface area contributed by atoms with Gasteiger partial charge >= 0.3 is 0 Å². The molecule has 0 fully saturated rings. The highest BCUT2D eigenvalue weighted by molar-refractivity contribution is 9.10. The van der Waals surface area contributed by atoms with Crippen LogP contribution in [0.3, 0.4) is 0 Å². The molecule has 10 heteroatoms. The van der Waals surface area contributed by atoms with Crippen molar-refractivity contribution in [1.29, 1.82) is 0 Å². The predicted molar refractivity (Wildman–Crippen MR) is 164 cm³/mol. The monoisotopic (exact) mass is 635 g/mol. The minimum absolute atomic E-state index is 0.00624. The summed E-state index contributed by atoms with van der Waals surface area (Å²) in [4.78, 5) is 12.9. The number of hydrazone groups is 1. The van der Waals surface area contributed by atoms with Gasteiger partial charge in [0.25, 0.3) is 15.9 Å². The lowest BCUT2D eigenvalue weighted by atomic mass is 10.2. The van der Waals surface area contributed by atoms with Gasteiger partial charge in [-0.1, -0.05) is 47.5 Å². The van der Waals surface area contributed by atoms with Crippen molar-refractivity contribution in [3.8, 4) is 11.5 Å². The van der Waals surface area contributed by atoms with Crippen LogP contribution in [0.2, 0.25) is 0 Å². The molecule has 212 valence electrons. The summed E-state index contributed by atoms with van der Waals surface area (Å²) < 4.78 is 39.8. The minimum atomic E-state index is -4.10. The largest absolute Gasteiger partial charge is 0.496 e. The minimum Gasteiger partial charge on any atom is -0.496 e. The van der Waals surface area contributed by atoms with Gasteiger partial charge in [-0.15, -0.1) is 0 Å². The van der Waals surface area contributed by atoms with Crippen molar-refractivity contribution in [2.24, 2.45) is 5.10 Å². The number of amides is 1. The van der Waals surface area contributed by atoms with E-state index in [1.54, 1.807) is 30.3 Å². The maximum Gasteiger partial charge on any atom is 0.264 e. The third-order valence-corrected chi connectivity index (χ3v) is 8.52. The van der Waals surface area contributed by atoms with Crippen LogP contribution in [-0.4, -0.2) is 34.2 Å². The first kappa shape index (κ1) is 29.8. The number of benzene rings is 4. The predicted octanol–water partition coefficient (Wildman–Crippen LogP) is 6.00. The fraction of sp³-hybridized carbons (Fsp3) is 0.161. The number of hydrogen-bond donors (Lipinski definition) is 1. The van der Waals surface area contributed by atoms with Crippen molar-refractivity contribution < 1.29 is 22.7 Å². The Morgan fingerprint density at radius 3 is 2.17 bits per heavy atom. The van der Waals surface area contributed by atoms with E-state index in [2.05, 4.69) is 26.5 Å². The molecule has 0 atom stereocenters. The number of nitrogens with zero attached hydrogens (tertiary/aromatic N) is 2. The molecule has 0 aromatic heterocycles. The second kappa shape index (κ2) is 13.5. The number of nitrogens with one attached hydrogen (secondary N) is 1. The molecule has 4 aromatic carbocycles. The summed E-state index contributed by atoms with van der Waals surface area (Å²) in [5, 5.41) is 4.01. The van der Waals surface area contributed by atoms with Crippen LogP contribution in [0.4, 0.5) is 5.69 Å². The first-order chi connectivity index (χ1) is 19.7. The summed E-state index contributed by atoms with van der Waals surface area (Å²) in [7, 11) is -2.61. The molecule has 0 radical (unpaired) electrons. The van der Waals surface area contributed by atoms with Gasteiger partial charge in [0.15, 0.2) is 0 Å². The summed E-state index contributed by atoms with van der Waals surface area (Å²) in [5.74, 6) is 0.593. The van der Waals surface area contributed by atoms with E-state index < -0.39 is 22.5 Å². The van der Waals surface area contributed by atoms with Crippen LogP contribution in [0.1, 0.15) is 22.3 Å². The SMILES string of the molecule is COc1ccc(S(=O)(=O)N(CC(=O)N/N=C\c2ccc(OCc3ccc(C)cc3)cc2)c2ccc(C)cc2)cc1Br. The van der Waals surface area contributed by atoms with Crippen LogP contribution in [0.25, 0.3) is 0 Å². The summed E-state index contributed by atoms with van der Waals surface area (Å²) in [6.07, 6.45) is 1.48. The molecule has 0 heterocycles. The van der Waals surface area contributed by atoms with Crippen LogP contribution >= 0.6 is 15.9 Å². The maximum absolute atomic E-state index is 13.6. The lowest BCUT2D eigenvalue weighted by Gasteiger charge is -2.24. The summed E-state index contributed by atoms with van der Waals surface area (Å²) in [5.41, 5.74) is 6.74. The lowest BCUT2D eigenvalue weighted by molar-refractivity contribution is -0.119. The van der Waals surface area contributed by atoms with Crippen LogP contribution < -0.4 is 19.2 Å². The van der Waals surface area contributed by atoms with Gasteiger partial charge in [-0.25, -0.2) is 13.8 Å². The molecule has 0 spiro atoms. The van der Waals surface area contributed by atoms with E-state index in [0.717, 1.165) is 21.0 Å². The number of sulfonamides is 1. The first-order valence-electron chi connectivity index (χ1n) is 12.7. The van der Waals surface area contributed by atoms with E-state index in [1.165, 1.54) is 31.0 Å². The summed E-state index contributed by atoms with van der Waals surface area (Å²) in [6.45, 7) is 3.92. The molecule has 8 nitrogen and oxygen atoms in total. The van der Waals surface area contributed by atoms with Crippen molar-refractivity contribution in [3.05, 3.63) is 118 Å². The van der Waals surface area contributed by atoms with Gasteiger partial charge in [0.2, 0.25) is 0 Å². The van der Waals surface area contributed by atoms with Crippen molar-refractivity contribution >= 4 is 43.8 Å². The Labute approximate surface area is 248 Å². The zero-order valence-electron chi connectivity index (χ0n) is 22.9. The van der Waals surface area contributed by atoms with Gasteiger partial charge < -0.3 is 9.47 Å². The average Bonchev–Trinajstić information content (AvgIpc) is 2.97. The van der Waals surface area contributed by atoms with E-state index in [0.29, 0.717) is 28.3 Å². The van der Waals surface area contributed by atoms with Crippen LogP contribution in [0, 0.1) is 13.8 Å². The highest BCUT2D eigenvalue weighted by Gasteiger charge is 2.28. The van der Waals surface area contributed by atoms with Crippen LogP contribution in [0.5, 0.6) is 11.5 Å². The van der Waals surface area contributed by atoms with Crippen LogP contribution in [0.15, 0.2) is 105 Å². The third kappa shape index (κ3) is 7.96. The quantitative estimate of drug-likeness (QED) is 0.161. The molecular weight excluding hydrogens is 606 g/mol. The van der Waals surface area contributed by atoms with Crippen LogP contribution in [-0.2, 0) is 21.4 Å². The normalized spacial score (nSPS) is 11.3. The Balaban J connectivity index is 1.42. The van der Waals surface area contributed by atoms with Gasteiger partial charge in [-0.3, -0.25) is 9.10 Å². The van der Waals surface area contributed by atoms with E-state index in [4.69, 9.17) is 9.47 Å². The number of anilines is 1. The van der Waals surface area contributed by atoms with E-state index in [9.17, 15) is 13.2 Å². The Morgan fingerprint density at radius 2 is 1.56 bits per heavy atom. The molecule has 0 saturated heterocycles. The number of methoxy groups -OCH3 is 1. The molecule has 0 saturated carbocycles. The molecule has 41 heavy (non-hydrogen) atoms. The molecule has 1 amide bonds. The Kier molecular flexibility index (Phi) is 9.80. The van der Waals surface area contributed by atoms with Crippen molar-refractivity contribution in [2.75, 3.05) is 18.0 Å². The number of carbonyl (C=O) groups excluding carboxylic acids is 1. The van der Waals surface area contributed by atoms with E-state index in [-0.39, 0.29) is 4.90 Å². The molecule has 4 aromatic rings. The first-order valence-corrected chi connectivity index (χ1v) is 14.9. The Hall–Kier alpha value is -4.15. The average molecular weight is 637 g/mol. The number of hydrogen-bond acceptors (Lipinski definition) is 6. The zero-order chi connectivity index (χ0) is 29.4. The number of ether oxygens (including phenoxy) is 2. The molecule has 0 aliphatic heterocycles.